The van der Waals surface area contributed by atoms with Gasteiger partial charge < -0.3 is 10.4 Å². The third-order valence-electron chi connectivity index (χ3n) is 3.23. The van der Waals surface area contributed by atoms with Crippen molar-refractivity contribution in [1.29, 1.82) is 0 Å². The van der Waals surface area contributed by atoms with Crippen LogP contribution < -0.4 is 5.32 Å². The monoisotopic (exact) mass is 295 g/mol. The lowest BCUT2D eigenvalue weighted by atomic mass is 10.0. The van der Waals surface area contributed by atoms with E-state index in [0.29, 0.717) is 12.1 Å². The highest BCUT2D eigenvalue weighted by Gasteiger charge is 2.21. The van der Waals surface area contributed by atoms with Crippen LogP contribution in [0.4, 0.5) is 11.4 Å². The Labute approximate surface area is 120 Å². The number of hydrogen-bond donors (Lipinski definition) is 2. The molecule has 0 saturated carbocycles. The molecule has 7 heteroatoms. The van der Waals surface area contributed by atoms with E-state index in [2.05, 4.69) is 10.3 Å². The SMILES string of the molecule is CCC(C)(O)CNc1cc2nc(C)sc2cc1[N+](=O)[O-]. The first-order chi connectivity index (χ1) is 9.32. The Morgan fingerprint density at radius 1 is 1.55 bits per heavy atom. The van der Waals surface area contributed by atoms with Crippen LogP contribution in [0.25, 0.3) is 10.2 Å². The second-order valence-electron chi connectivity index (χ2n) is 5.03. The zero-order valence-corrected chi connectivity index (χ0v) is 12.5. The topological polar surface area (TPSA) is 88.3 Å². The Morgan fingerprint density at radius 3 is 2.85 bits per heavy atom. The van der Waals surface area contributed by atoms with Crippen LogP contribution in [0.2, 0.25) is 0 Å². The van der Waals surface area contributed by atoms with E-state index in [4.69, 9.17) is 0 Å². The summed E-state index contributed by atoms with van der Waals surface area (Å²) in [5, 5.41) is 25.0. The highest BCUT2D eigenvalue weighted by molar-refractivity contribution is 7.18. The van der Waals surface area contributed by atoms with Crippen LogP contribution in [0.15, 0.2) is 12.1 Å². The number of hydrogen-bond acceptors (Lipinski definition) is 6. The summed E-state index contributed by atoms with van der Waals surface area (Å²) in [6.07, 6.45) is 0.561. The molecule has 1 aromatic heterocycles. The summed E-state index contributed by atoms with van der Waals surface area (Å²) in [4.78, 5) is 15.1. The van der Waals surface area contributed by atoms with E-state index >= 15 is 0 Å². The van der Waals surface area contributed by atoms with E-state index in [1.165, 1.54) is 17.4 Å². The second kappa shape index (κ2) is 5.34. The fourth-order valence-electron chi connectivity index (χ4n) is 1.78. The molecule has 108 valence electrons. The van der Waals surface area contributed by atoms with Gasteiger partial charge in [0.25, 0.3) is 5.69 Å². The lowest BCUT2D eigenvalue weighted by molar-refractivity contribution is -0.383. The number of nitrogens with zero attached hydrogens (tertiary/aromatic N) is 2. The fraction of sp³-hybridized carbons (Fsp3) is 0.462. The van der Waals surface area contributed by atoms with Crippen molar-refractivity contribution in [3.63, 3.8) is 0 Å². The van der Waals surface area contributed by atoms with Crippen molar-refractivity contribution < 1.29 is 10.0 Å². The van der Waals surface area contributed by atoms with E-state index in [1.807, 2.05) is 13.8 Å². The molecule has 0 radical (unpaired) electrons. The zero-order chi connectivity index (χ0) is 14.9. The molecular formula is C13H17N3O3S. The zero-order valence-electron chi connectivity index (χ0n) is 11.6. The van der Waals surface area contributed by atoms with Crippen molar-refractivity contribution in [3.05, 3.63) is 27.3 Å². The summed E-state index contributed by atoms with van der Waals surface area (Å²) in [6, 6.07) is 3.20. The molecule has 0 spiro atoms. The Kier molecular flexibility index (Phi) is 3.92. The molecule has 0 aliphatic heterocycles. The number of anilines is 1. The van der Waals surface area contributed by atoms with Gasteiger partial charge in [-0.25, -0.2) is 4.98 Å². The number of nitrogens with one attached hydrogen (secondary N) is 1. The van der Waals surface area contributed by atoms with Gasteiger partial charge in [0, 0.05) is 12.6 Å². The third kappa shape index (κ3) is 3.05. The summed E-state index contributed by atoms with van der Waals surface area (Å²) in [7, 11) is 0. The number of thiazole rings is 1. The van der Waals surface area contributed by atoms with Crippen LogP contribution in [0.5, 0.6) is 0 Å². The molecule has 0 aliphatic rings. The lowest BCUT2D eigenvalue weighted by Crippen LogP contribution is -2.32. The largest absolute Gasteiger partial charge is 0.388 e. The maximum Gasteiger partial charge on any atom is 0.293 e. The van der Waals surface area contributed by atoms with E-state index in [9.17, 15) is 15.2 Å². The third-order valence-corrected chi connectivity index (χ3v) is 4.16. The normalized spacial score (nSPS) is 14.2. The minimum Gasteiger partial charge on any atom is -0.388 e. The number of rotatable bonds is 5. The first kappa shape index (κ1) is 14.7. The minimum absolute atomic E-state index is 0.00746. The molecule has 0 bridgehead atoms. The molecule has 1 atom stereocenters. The van der Waals surface area contributed by atoms with E-state index in [1.54, 1.807) is 13.0 Å². The second-order valence-corrected chi connectivity index (χ2v) is 6.27. The molecule has 1 unspecified atom stereocenters. The molecule has 2 rings (SSSR count). The molecular weight excluding hydrogens is 278 g/mol. The Balaban J connectivity index is 2.39. The van der Waals surface area contributed by atoms with Crippen LogP contribution in [0.1, 0.15) is 25.3 Å². The van der Waals surface area contributed by atoms with Crippen molar-refractivity contribution in [2.24, 2.45) is 0 Å². The number of fused-ring (bicyclic) bond motifs is 1. The maximum absolute atomic E-state index is 11.2. The molecule has 1 aromatic carbocycles. The van der Waals surface area contributed by atoms with Gasteiger partial charge in [-0.1, -0.05) is 6.92 Å². The first-order valence-electron chi connectivity index (χ1n) is 6.34. The standard InChI is InChI=1S/C13H17N3O3S/c1-4-13(3,17)7-14-9-5-10-12(20-8(2)15-10)6-11(9)16(18)19/h5-6,14,17H,4,7H2,1-3H3. The molecule has 20 heavy (non-hydrogen) atoms. The van der Waals surface area contributed by atoms with Crippen LogP contribution in [0, 0.1) is 17.0 Å². The Hall–Kier alpha value is -1.73. The quantitative estimate of drug-likeness (QED) is 0.653. The van der Waals surface area contributed by atoms with Gasteiger partial charge in [-0.3, -0.25) is 10.1 Å². The average molecular weight is 295 g/mol. The van der Waals surface area contributed by atoms with Crippen LogP contribution in [-0.2, 0) is 0 Å². The number of aryl methyl sites for hydroxylation is 1. The van der Waals surface area contributed by atoms with Crippen molar-refractivity contribution in [3.8, 4) is 0 Å². The van der Waals surface area contributed by atoms with E-state index < -0.39 is 10.5 Å². The van der Waals surface area contributed by atoms with Gasteiger partial charge in [0.1, 0.15) is 5.69 Å². The van der Waals surface area contributed by atoms with Crippen LogP contribution >= 0.6 is 11.3 Å². The predicted molar refractivity (Wildman–Crippen MR) is 80.4 cm³/mol. The fourth-order valence-corrected chi connectivity index (χ4v) is 2.62. The highest BCUT2D eigenvalue weighted by atomic mass is 32.1. The first-order valence-corrected chi connectivity index (χ1v) is 7.16. The van der Waals surface area contributed by atoms with E-state index in [0.717, 1.165) is 15.2 Å². The molecule has 0 saturated heterocycles. The highest BCUT2D eigenvalue weighted by Crippen LogP contribution is 2.33. The molecule has 6 nitrogen and oxygen atoms in total. The summed E-state index contributed by atoms with van der Waals surface area (Å²) in [5.74, 6) is 0. The van der Waals surface area contributed by atoms with Gasteiger partial charge >= 0.3 is 0 Å². The predicted octanol–water partition coefficient (Wildman–Crippen LogP) is 3.09. The van der Waals surface area contributed by atoms with Crippen molar-refractivity contribution in [2.75, 3.05) is 11.9 Å². The number of aromatic nitrogens is 1. The molecule has 2 N–H and O–H groups in total. The van der Waals surface area contributed by atoms with Crippen LogP contribution in [0.3, 0.4) is 0 Å². The number of nitro benzene ring substituents is 1. The summed E-state index contributed by atoms with van der Waals surface area (Å²) >= 11 is 1.43. The number of aliphatic hydroxyl groups is 1. The lowest BCUT2D eigenvalue weighted by Gasteiger charge is -2.22. The maximum atomic E-state index is 11.2. The van der Waals surface area contributed by atoms with Crippen molar-refractivity contribution >= 4 is 32.9 Å². The summed E-state index contributed by atoms with van der Waals surface area (Å²) in [5.41, 5.74) is 0.229. The van der Waals surface area contributed by atoms with Gasteiger partial charge in [0.15, 0.2) is 0 Å². The molecule has 2 aromatic rings. The van der Waals surface area contributed by atoms with Crippen molar-refractivity contribution in [2.45, 2.75) is 32.8 Å². The molecule has 0 amide bonds. The molecule has 0 aliphatic carbocycles. The van der Waals surface area contributed by atoms with Crippen LogP contribution in [-0.4, -0.2) is 27.2 Å². The van der Waals surface area contributed by atoms with Gasteiger partial charge in [0.05, 0.1) is 25.7 Å². The van der Waals surface area contributed by atoms with Crippen molar-refractivity contribution in [1.82, 2.24) is 4.98 Å². The average Bonchev–Trinajstić information content (AvgIpc) is 2.74. The molecule has 0 fully saturated rings. The van der Waals surface area contributed by atoms with Gasteiger partial charge in [-0.05, 0) is 26.3 Å². The van der Waals surface area contributed by atoms with Gasteiger partial charge in [0.2, 0.25) is 0 Å². The number of benzene rings is 1. The molecule has 1 heterocycles. The Bertz CT molecular complexity index is 652. The number of nitro groups is 1. The minimum atomic E-state index is -0.902. The summed E-state index contributed by atoms with van der Waals surface area (Å²) < 4.78 is 0.794. The van der Waals surface area contributed by atoms with Gasteiger partial charge in [-0.2, -0.15) is 0 Å². The van der Waals surface area contributed by atoms with E-state index in [-0.39, 0.29) is 12.2 Å². The Morgan fingerprint density at radius 2 is 2.25 bits per heavy atom. The summed E-state index contributed by atoms with van der Waals surface area (Å²) in [6.45, 7) is 5.67. The van der Waals surface area contributed by atoms with Gasteiger partial charge in [-0.15, -0.1) is 11.3 Å². The smallest absolute Gasteiger partial charge is 0.293 e.